The topological polar surface area (TPSA) is 66.4 Å². The minimum absolute atomic E-state index is 0.0654. The Bertz CT molecular complexity index is 728. The van der Waals surface area contributed by atoms with Crippen LogP contribution in [-0.4, -0.2) is 13.5 Å². The molecule has 0 radical (unpaired) electrons. The fraction of sp³-hybridized carbons (Fsp3) is 0. The van der Waals surface area contributed by atoms with E-state index in [0.717, 1.165) is 11.3 Å². The van der Waals surface area contributed by atoms with Crippen molar-refractivity contribution in [3.05, 3.63) is 38.0 Å². The van der Waals surface area contributed by atoms with E-state index in [-0.39, 0.29) is 30.0 Å². The SMILES string of the molecule is O=S(=O)(Nc1ccc(Cl)c(O)c1)c1cc(Cl)sc1Cl. The van der Waals surface area contributed by atoms with Crippen LogP contribution in [0.2, 0.25) is 13.7 Å². The van der Waals surface area contributed by atoms with Gasteiger partial charge < -0.3 is 5.11 Å². The maximum absolute atomic E-state index is 12.1. The van der Waals surface area contributed by atoms with Crippen molar-refractivity contribution in [2.75, 3.05) is 4.72 Å². The Balaban J connectivity index is 2.36. The van der Waals surface area contributed by atoms with E-state index in [2.05, 4.69) is 4.72 Å². The van der Waals surface area contributed by atoms with Crippen molar-refractivity contribution < 1.29 is 13.5 Å². The maximum Gasteiger partial charge on any atom is 0.264 e. The molecule has 0 fully saturated rings. The number of nitrogens with one attached hydrogen (secondary N) is 1. The van der Waals surface area contributed by atoms with Crippen LogP contribution in [-0.2, 0) is 10.0 Å². The van der Waals surface area contributed by atoms with Gasteiger partial charge in [0, 0.05) is 6.07 Å². The summed E-state index contributed by atoms with van der Waals surface area (Å²) in [6.45, 7) is 0. The number of hydrogen-bond donors (Lipinski definition) is 2. The zero-order chi connectivity index (χ0) is 14.2. The number of halogens is 3. The van der Waals surface area contributed by atoms with E-state index in [9.17, 15) is 13.5 Å². The molecule has 2 aromatic rings. The van der Waals surface area contributed by atoms with E-state index in [1.54, 1.807) is 0 Å². The summed E-state index contributed by atoms with van der Waals surface area (Å²) < 4.78 is 26.7. The summed E-state index contributed by atoms with van der Waals surface area (Å²) >= 11 is 18.1. The number of hydrogen-bond acceptors (Lipinski definition) is 4. The van der Waals surface area contributed by atoms with Crippen molar-refractivity contribution in [3.63, 3.8) is 0 Å². The molecule has 0 saturated carbocycles. The Morgan fingerprint density at radius 3 is 2.37 bits per heavy atom. The molecular formula is C10H6Cl3NO3S2. The number of anilines is 1. The smallest absolute Gasteiger partial charge is 0.264 e. The van der Waals surface area contributed by atoms with Crippen LogP contribution in [0.4, 0.5) is 5.69 Å². The first kappa shape index (κ1) is 14.7. The predicted octanol–water partition coefficient (Wildman–Crippen LogP) is 4.21. The summed E-state index contributed by atoms with van der Waals surface area (Å²) in [5, 5.41) is 9.54. The molecule has 0 unspecified atom stereocenters. The van der Waals surface area contributed by atoms with Gasteiger partial charge in [-0.1, -0.05) is 34.8 Å². The molecule has 2 rings (SSSR count). The third kappa shape index (κ3) is 3.27. The molecule has 4 nitrogen and oxygen atoms in total. The second-order valence-corrected chi connectivity index (χ2v) is 7.80. The van der Waals surface area contributed by atoms with Crippen LogP contribution < -0.4 is 4.72 Å². The Morgan fingerprint density at radius 1 is 1.16 bits per heavy atom. The lowest BCUT2D eigenvalue weighted by Crippen LogP contribution is -2.12. The average Bonchev–Trinajstić information content (AvgIpc) is 2.63. The van der Waals surface area contributed by atoms with Crippen LogP contribution in [0.15, 0.2) is 29.2 Å². The second-order valence-electron chi connectivity index (χ2n) is 3.46. The highest BCUT2D eigenvalue weighted by Gasteiger charge is 2.21. The van der Waals surface area contributed by atoms with Gasteiger partial charge in [-0.25, -0.2) is 8.42 Å². The van der Waals surface area contributed by atoms with Crippen molar-refractivity contribution in [1.29, 1.82) is 0 Å². The molecule has 0 amide bonds. The molecule has 2 N–H and O–H groups in total. The van der Waals surface area contributed by atoms with Crippen molar-refractivity contribution in [2.45, 2.75) is 4.90 Å². The predicted molar refractivity (Wildman–Crippen MR) is 78.3 cm³/mol. The Kier molecular flexibility index (Phi) is 4.17. The third-order valence-electron chi connectivity index (χ3n) is 2.11. The van der Waals surface area contributed by atoms with Crippen LogP contribution in [0, 0.1) is 0 Å². The third-order valence-corrected chi connectivity index (χ3v) is 5.57. The van der Waals surface area contributed by atoms with Crippen molar-refractivity contribution in [3.8, 4) is 5.75 Å². The summed E-state index contributed by atoms with van der Waals surface area (Å²) in [6, 6.07) is 5.24. The van der Waals surface area contributed by atoms with Crippen molar-refractivity contribution in [1.82, 2.24) is 0 Å². The molecule has 1 aromatic carbocycles. The highest BCUT2D eigenvalue weighted by molar-refractivity contribution is 7.93. The Labute approximate surface area is 128 Å². The molecule has 19 heavy (non-hydrogen) atoms. The number of rotatable bonds is 3. The Morgan fingerprint density at radius 2 is 1.84 bits per heavy atom. The summed E-state index contributed by atoms with van der Waals surface area (Å²) in [7, 11) is -3.86. The fourth-order valence-corrected chi connectivity index (χ4v) is 4.61. The lowest BCUT2D eigenvalue weighted by Gasteiger charge is -2.07. The molecule has 0 bridgehead atoms. The van der Waals surface area contributed by atoms with E-state index < -0.39 is 10.0 Å². The van der Waals surface area contributed by atoms with Crippen LogP contribution >= 0.6 is 46.1 Å². The van der Waals surface area contributed by atoms with Gasteiger partial charge in [0.25, 0.3) is 10.0 Å². The molecule has 1 heterocycles. The van der Waals surface area contributed by atoms with E-state index in [1.807, 2.05) is 0 Å². The molecule has 0 aliphatic carbocycles. The second kappa shape index (κ2) is 5.38. The van der Waals surface area contributed by atoms with E-state index in [0.29, 0.717) is 0 Å². The molecule has 9 heteroatoms. The lowest BCUT2D eigenvalue weighted by molar-refractivity contribution is 0.476. The van der Waals surface area contributed by atoms with Crippen LogP contribution in [0.1, 0.15) is 0 Å². The fourth-order valence-electron chi connectivity index (χ4n) is 1.29. The first-order chi connectivity index (χ1) is 8.79. The van der Waals surface area contributed by atoms with Crippen LogP contribution in [0.25, 0.3) is 0 Å². The minimum atomic E-state index is -3.86. The summed E-state index contributed by atoms with van der Waals surface area (Å²) in [5.41, 5.74) is 0.167. The molecule has 0 atom stereocenters. The quantitative estimate of drug-likeness (QED) is 0.863. The van der Waals surface area contributed by atoms with Gasteiger partial charge in [-0.2, -0.15) is 0 Å². The van der Waals surface area contributed by atoms with Gasteiger partial charge in [-0.3, -0.25) is 4.72 Å². The zero-order valence-corrected chi connectivity index (χ0v) is 12.9. The molecule has 102 valence electrons. The zero-order valence-electron chi connectivity index (χ0n) is 9.02. The Hall–Kier alpha value is -0.660. The molecular weight excluding hydrogens is 353 g/mol. The van der Waals surface area contributed by atoms with E-state index in [1.165, 1.54) is 24.3 Å². The maximum atomic E-state index is 12.1. The number of benzene rings is 1. The van der Waals surface area contributed by atoms with Gasteiger partial charge in [0.1, 0.15) is 15.0 Å². The normalized spacial score (nSPS) is 11.5. The van der Waals surface area contributed by atoms with Crippen LogP contribution in [0.5, 0.6) is 5.75 Å². The van der Waals surface area contributed by atoms with Gasteiger partial charge in [0.15, 0.2) is 0 Å². The summed E-state index contributed by atoms with van der Waals surface area (Å²) in [6.07, 6.45) is 0. The minimum Gasteiger partial charge on any atom is -0.506 e. The molecule has 0 aliphatic rings. The highest BCUT2D eigenvalue weighted by atomic mass is 35.5. The molecule has 0 aliphatic heterocycles. The van der Waals surface area contributed by atoms with Gasteiger partial charge in [-0.15, -0.1) is 11.3 Å². The largest absolute Gasteiger partial charge is 0.506 e. The van der Waals surface area contributed by atoms with Gasteiger partial charge in [0.05, 0.1) is 15.0 Å². The van der Waals surface area contributed by atoms with Gasteiger partial charge in [0.2, 0.25) is 0 Å². The molecule has 0 saturated heterocycles. The van der Waals surface area contributed by atoms with Gasteiger partial charge >= 0.3 is 0 Å². The number of phenols is 1. The van der Waals surface area contributed by atoms with Gasteiger partial charge in [-0.05, 0) is 18.2 Å². The highest BCUT2D eigenvalue weighted by Crippen LogP contribution is 2.35. The average molecular weight is 359 g/mol. The molecule has 1 aromatic heterocycles. The molecule has 0 spiro atoms. The first-order valence-corrected chi connectivity index (χ1v) is 8.19. The summed E-state index contributed by atoms with van der Waals surface area (Å²) in [5.74, 6) is -0.226. The van der Waals surface area contributed by atoms with Crippen molar-refractivity contribution in [2.24, 2.45) is 0 Å². The van der Waals surface area contributed by atoms with Crippen LogP contribution in [0.3, 0.4) is 0 Å². The first-order valence-electron chi connectivity index (χ1n) is 4.76. The number of thiophene rings is 1. The van der Waals surface area contributed by atoms with E-state index in [4.69, 9.17) is 34.8 Å². The number of aromatic hydroxyl groups is 1. The standard InChI is InChI=1S/C10H6Cl3NO3S2/c11-6-2-1-5(3-7(6)15)14-19(16,17)8-4-9(12)18-10(8)13/h1-4,14-15H. The monoisotopic (exact) mass is 357 g/mol. The lowest BCUT2D eigenvalue weighted by atomic mass is 10.3. The number of sulfonamides is 1. The van der Waals surface area contributed by atoms with E-state index >= 15 is 0 Å². The number of phenolic OH excluding ortho intramolecular Hbond substituents is 1. The summed E-state index contributed by atoms with van der Waals surface area (Å²) in [4.78, 5) is -0.112. The van der Waals surface area contributed by atoms with Crippen molar-refractivity contribution >= 4 is 61.9 Å².